The van der Waals surface area contributed by atoms with E-state index in [4.69, 9.17) is 27.9 Å². The van der Waals surface area contributed by atoms with Crippen molar-refractivity contribution in [3.63, 3.8) is 0 Å². The normalized spacial score (nSPS) is 12.9. The summed E-state index contributed by atoms with van der Waals surface area (Å²) in [6.07, 6.45) is 5.04. The Labute approximate surface area is 231 Å². The van der Waals surface area contributed by atoms with E-state index in [1.165, 1.54) is 11.1 Å². The fraction of sp³-hybridized carbons (Fsp3) is 0.194. The standard InChI is InChI=1S/C31H27Cl2N3O2/c1-19-9-11-20(12-10-19)28-24-8-3-4-15-35-27(21-13-14-25(32)26(33)16-21)18-36(31(24)35)29(28)30(37)34-22-6-5-7-23(17-22)38-2/h5-7,9-14,16-18H,3-4,8,15H2,1-2H3,(H,34,37). The molecular formula is C31H27Cl2N3O2. The minimum atomic E-state index is -0.173. The SMILES string of the molecule is COc1cccc(NC(=O)c2c(-c3ccc(C)cc3)c3c4n(c(-c5ccc(Cl)c(Cl)c5)cn24)CCCC3)c1. The molecule has 1 amide bonds. The maximum absolute atomic E-state index is 14.1. The van der Waals surface area contributed by atoms with Gasteiger partial charge in [-0.1, -0.05) is 65.2 Å². The van der Waals surface area contributed by atoms with Gasteiger partial charge in [-0.05, 0) is 56.0 Å². The molecule has 192 valence electrons. The Morgan fingerprint density at radius 2 is 1.74 bits per heavy atom. The Kier molecular flexibility index (Phi) is 6.42. The number of nitrogens with one attached hydrogen (secondary N) is 1. The number of hydrogen-bond acceptors (Lipinski definition) is 2. The van der Waals surface area contributed by atoms with Gasteiger partial charge in [0.25, 0.3) is 5.91 Å². The van der Waals surface area contributed by atoms with Gasteiger partial charge in [-0.25, -0.2) is 0 Å². The summed E-state index contributed by atoms with van der Waals surface area (Å²) < 4.78 is 9.75. The van der Waals surface area contributed by atoms with Crippen molar-refractivity contribution in [2.24, 2.45) is 0 Å². The number of ether oxygens (including phenoxy) is 1. The van der Waals surface area contributed by atoms with E-state index in [1.807, 2.05) is 42.5 Å². The molecule has 5 aromatic rings. The predicted molar refractivity (Wildman–Crippen MR) is 155 cm³/mol. The molecule has 1 N–H and O–H groups in total. The lowest BCUT2D eigenvalue weighted by Crippen LogP contribution is -2.15. The maximum atomic E-state index is 14.1. The van der Waals surface area contributed by atoms with Crippen molar-refractivity contribution in [2.45, 2.75) is 32.7 Å². The molecule has 3 aromatic carbocycles. The van der Waals surface area contributed by atoms with Gasteiger partial charge < -0.3 is 14.6 Å². The first kappa shape index (κ1) is 24.7. The molecule has 7 heteroatoms. The van der Waals surface area contributed by atoms with Crippen molar-refractivity contribution < 1.29 is 9.53 Å². The van der Waals surface area contributed by atoms with Crippen molar-refractivity contribution >= 4 is 40.4 Å². The molecular weight excluding hydrogens is 517 g/mol. The second-order valence-electron chi connectivity index (χ2n) is 9.70. The number of carbonyl (C=O) groups is 1. The van der Waals surface area contributed by atoms with Crippen LogP contribution in [0.1, 0.15) is 34.5 Å². The minimum Gasteiger partial charge on any atom is -0.497 e. The number of aromatic nitrogens is 2. The average molecular weight is 544 g/mol. The van der Waals surface area contributed by atoms with Gasteiger partial charge in [-0.3, -0.25) is 9.20 Å². The molecule has 0 saturated carbocycles. The van der Waals surface area contributed by atoms with Crippen LogP contribution in [0.4, 0.5) is 5.69 Å². The molecule has 0 atom stereocenters. The molecule has 6 rings (SSSR count). The molecule has 0 fully saturated rings. The smallest absolute Gasteiger partial charge is 0.273 e. The quantitative estimate of drug-likeness (QED) is 0.242. The van der Waals surface area contributed by atoms with Crippen LogP contribution in [-0.4, -0.2) is 22.0 Å². The van der Waals surface area contributed by atoms with Gasteiger partial charge in [0.1, 0.15) is 17.1 Å². The van der Waals surface area contributed by atoms with Crippen LogP contribution in [-0.2, 0) is 13.0 Å². The number of halogens is 2. The van der Waals surface area contributed by atoms with Crippen LogP contribution in [0.25, 0.3) is 28.0 Å². The Morgan fingerprint density at radius 1 is 0.947 bits per heavy atom. The van der Waals surface area contributed by atoms with Gasteiger partial charge >= 0.3 is 0 Å². The van der Waals surface area contributed by atoms with Gasteiger partial charge in [-0.15, -0.1) is 0 Å². The summed E-state index contributed by atoms with van der Waals surface area (Å²) in [4.78, 5) is 14.1. The van der Waals surface area contributed by atoms with Crippen molar-refractivity contribution in [1.82, 2.24) is 8.97 Å². The van der Waals surface area contributed by atoms with Crippen LogP contribution >= 0.6 is 23.2 Å². The number of rotatable bonds is 5. The van der Waals surface area contributed by atoms with E-state index in [2.05, 4.69) is 51.7 Å². The zero-order valence-electron chi connectivity index (χ0n) is 21.2. The number of aryl methyl sites for hydroxylation is 3. The fourth-order valence-corrected chi connectivity index (χ4v) is 5.72. The highest BCUT2D eigenvalue weighted by atomic mass is 35.5. The van der Waals surface area contributed by atoms with Gasteiger partial charge in [0.15, 0.2) is 0 Å². The first-order valence-corrected chi connectivity index (χ1v) is 13.4. The van der Waals surface area contributed by atoms with E-state index in [9.17, 15) is 4.79 Å². The average Bonchev–Trinajstić information content (AvgIpc) is 3.33. The highest BCUT2D eigenvalue weighted by molar-refractivity contribution is 6.42. The Balaban J connectivity index is 1.59. The summed E-state index contributed by atoms with van der Waals surface area (Å²) in [5, 5.41) is 4.14. The summed E-state index contributed by atoms with van der Waals surface area (Å²) in [6, 6.07) is 21.5. The van der Waals surface area contributed by atoms with E-state index in [0.29, 0.717) is 27.2 Å². The summed E-state index contributed by atoms with van der Waals surface area (Å²) in [7, 11) is 1.62. The van der Waals surface area contributed by atoms with E-state index in [0.717, 1.165) is 53.8 Å². The molecule has 3 heterocycles. The number of amides is 1. The Morgan fingerprint density at radius 3 is 2.50 bits per heavy atom. The van der Waals surface area contributed by atoms with Gasteiger partial charge in [0.2, 0.25) is 0 Å². The third kappa shape index (κ3) is 4.26. The van der Waals surface area contributed by atoms with Crippen LogP contribution in [0.5, 0.6) is 5.75 Å². The van der Waals surface area contributed by atoms with Crippen LogP contribution < -0.4 is 10.1 Å². The predicted octanol–water partition coefficient (Wildman–Crippen LogP) is 8.29. The van der Waals surface area contributed by atoms with E-state index >= 15 is 0 Å². The summed E-state index contributed by atoms with van der Waals surface area (Å²) in [5.41, 5.74) is 8.70. The first-order chi connectivity index (χ1) is 18.4. The topological polar surface area (TPSA) is 47.7 Å². The summed E-state index contributed by atoms with van der Waals surface area (Å²) in [5.74, 6) is 0.513. The first-order valence-electron chi connectivity index (χ1n) is 12.7. The molecule has 2 aromatic heterocycles. The van der Waals surface area contributed by atoms with Crippen molar-refractivity contribution in [2.75, 3.05) is 12.4 Å². The molecule has 0 aliphatic carbocycles. The number of benzene rings is 3. The Hall–Kier alpha value is -3.67. The highest BCUT2D eigenvalue weighted by Crippen LogP contribution is 2.40. The lowest BCUT2D eigenvalue weighted by molar-refractivity contribution is 0.102. The zero-order valence-corrected chi connectivity index (χ0v) is 22.7. The highest BCUT2D eigenvalue weighted by Gasteiger charge is 2.29. The molecule has 0 saturated heterocycles. The molecule has 0 unspecified atom stereocenters. The largest absolute Gasteiger partial charge is 0.497 e. The summed E-state index contributed by atoms with van der Waals surface area (Å²) >= 11 is 12.6. The molecule has 0 bridgehead atoms. The molecule has 0 radical (unpaired) electrons. The number of hydrogen-bond donors (Lipinski definition) is 1. The molecule has 38 heavy (non-hydrogen) atoms. The van der Waals surface area contributed by atoms with Crippen LogP contribution in [0.3, 0.4) is 0 Å². The van der Waals surface area contributed by atoms with E-state index in [1.54, 1.807) is 7.11 Å². The number of imidazole rings is 1. The van der Waals surface area contributed by atoms with E-state index in [-0.39, 0.29) is 5.91 Å². The molecule has 1 aliphatic rings. The second-order valence-corrected chi connectivity index (χ2v) is 10.5. The lowest BCUT2D eigenvalue weighted by atomic mass is 9.97. The number of anilines is 1. The maximum Gasteiger partial charge on any atom is 0.273 e. The lowest BCUT2D eigenvalue weighted by Gasteiger charge is -2.11. The van der Waals surface area contributed by atoms with E-state index < -0.39 is 0 Å². The monoisotopic (exact) mass is 543 g/mol. The number of carbonyl (C=O) groups excluding carboxylic acids is 1. The van der Waals surface area contributed by atoms with Crippen molar-refractivity contribution in [1.29, 1.82) is 0 Å². The fourth-order valence-electron chi connectivity index (χ4n) is 5.42. The number of nitrogens with zero attached hydrogens (tertiary/aromatic N) is 2. The summed E-state index contributed by atoms with van der Waals surface area (Å²) in [6.45, 7) is 2.93. The molecule has 5 nitrogen and oxygen atoms in total. The minimum absolute atomic E-state index is 0.173. The van der Waals surface area contributed by atoms with Crippen molar-refractivity contribution in [3.05, 3.63) is 99.8 Å². The van der Waals surface area contributed by atoms with Crippen LogP contribution in [0.2, 0.25) is 10.0 Å². The molecule has 0 spiro atoms. The Bertz CT molecular complexity index is 1680. The third-order valence-corrected chi connectivity index (χ3v) is 7.97. The van der Waals surface area contributed by atoms with Crippen LogP contribution in [0, 0.1) is 6.92 Å². The number of methoxy groups -OCH3 is 1. The third-order valence-electron chi connectivity index (χ3n) is 7.23. The van der Waals surface area contributed by atoms with Gasteiger partial charge in [-0.2, -0.15) is 0 Å². The van der Waals surface area contributed by atoms with Gasteiger partial charge in [0, 0.05) is 41.2 Å². The zero-order chi connectivity index (χ0) is 26.4. The van der Waals surface area contributed by atoms with Crippen LogP contribution in [0.15, 0.2) is 72.9 Å². The van der Waals surface area contributed by atoms with Crippen molar-refractivity contribution in [3.8, 4) is 28.1 Å². The van der Waals surface area contributed by atoms with Gasteiger partial charge in [0.05, 0.1) is 22.8 Å². The second kappa shape index (κ2) is 9.90. The molecule has 1 aliphatic heterocycles.